The van der Waals surface area contributed by atoms with Gasteiger partial charge in [-0.1, -0.05) is 12.1 Å². The van der Waals surface area contributed by atoms with Crippen LogP contribution < -0.4 is 10.2 Å². The number of hydrogen-bond acceptors (Lipinski definition) is 5. The molecule has 0 aliphatic carbocycles. The Bertz CT molecular complexity index is 1020. The lowest BCUT2D eigenvalue weighted by atomic mass is 10.0. The summed E-state index contributed by atoms with van der Waals surface area (Å²) in [5.41, 5.74) is 2.00. The van der Waals surface area contributed by atoms with Crippen molar-refractivity contribution >= 4 is 35.4 Å². The fourth-order valence-electron chi connectivity index (χ4n) is 3.74. The number of carbonyl (C=O) groups excluding carboxylic acids is 3. The number of rotatable bonds is 5. The highest BCUT2D eigenvalue weighted by Gasteiger charge is 2.32. The number of carbonyl (C=O) groups is 3. The summed E-state index contributed by atoms with van der Waals surface area (Å²) in [5.74, 6) is 1.19. The lowest BCUT2D eigenvalue weighted by Crippen LogP contribution is -2.37. The van der Waals surface area contributed by atoms with Crippen LogP contribution in [0.2, 0.25) is 0 Å². The number of anilines is 1. The number of nitrogens with zero attached hydrogens (tertiary/aromatic N) is 2. The minimum Gasteiger partial charge on any atom is -0.442 e. The molecule has 3 amide bonds. The van der Waals surface area contributed by atoms with Gasteiger partial charge in [0.25, 0.3) is 5.91 Å². The van der Waals surface area contributed by atoms with E-state index in [1.54, 1.807) is 36.4 Å². The predicted molar refractivity (Wildman–Crippen MR) is 121 cm³/mol. The average molecular weight is 458 g/mol. The monoisotopic (exact) mass is 457 g/mol. The molecule has 0 bridgehead atoms. The Hall–Kier alpha value is -3.07. The molecule has 2 aromatic carbocycles. The minimum atomic E-state index is -0.577. The van der Waals surface area contributed by atoms with Crippen molar-refractivity contribution < 1.29 is 23.5 Å². The molecule has 4 rings (SSSR count). The first-order chi connectivity index (χ1) is 15.4. The van der Waals surface area contributed by atoms with E-state index in [0.717, 1.165) is 24.6 Å². The van der Waals surface area contributed by atoms with Crippen LogP contribution in [0.15, 0.2) is 42.5 Å². The normalized spacial score (nSPS) is 18.4. The predicted octanol–water partition coefficient (Wildman–Crippen LogP) is 3.14. The van der Waals surface area contributed by atoms with Gasteiger partial charge in [-0.2, -0.15) is 11.8 Å². The lowest BCUT2D eigenvalue weighted by molar-refractivity contribution is -0.119. The van der Waals surface area contributed by atoms with Gasteiger partial charge < -0.3 is 15.0 Å². The van der Waals surface area contributed by atoms with Gasteiger partial charge in [0, 0.05) is 42.6 Å². The van der Waals surface area contributed by atoms with Crippen molar-refractivity contribution in [3.8, 4) is 11.1 Å². The molecule has 0 radical (unpaired) electrons. The molecule has 2 saturated heterocycles. The van der Waals surface area contributed by atoms with Gasteiger partial charge >= 0.3 is 6.09 Å². The Balaban J connectivity index is 1.46. The number of hydrogen-bond donors (Lipinski definition) is 1. The van der Waals surface area contributed by atoms with Gasteiger partial charge in [0.05, 0.1) is 18.8 Å². The number of cyclic esters (lactones) is 1. The molecule has 9 heteroatoms. The van der Waals surface area contributed by atoms with E-state index in [-0.39, 0.29) is 24.9 Å². The molecular weight excluding hydrogens is 433 g/mol. The van der Waals surface area contributed by atoms with Crippen molar-refractivity contribution in [3.63, 3.8) is 0 Å². The first kappa shape index (κ1) is 22.1. The van der Waals surface area contributed by atoms with Crippen molar-refractivity contribution in [1.82, 2.24) is 10.2 Å². The van der Waals surface area contributed by atoms with Gasteiger partial charge in [0.2, 0.25) is 5.91 Å². The van der Waals surface area contributed by atoms with E-state index in [2.05, 4.69) is 5.32 Å². The van der Waals surface area contributed by atoms with Crippen LogP contribution >= 0.6 is 11.8 Å². The molecule has 32 heavy (non-hydrogen) atoms. The van der Waals surface area contributed by atoms with E-state index in [1.165, 1.54) is 17.9 Å². The van der Waals surface area contributed by atoms with E-state index < -0.39 is 18.0 Å². The van der Waals surface area contributed by atoms with Crippen molar-refractivity contribution in [3.05, 3.63) is 53.8 Å². The van der Waals surface area contributed by atoms with Gasteiger partial charge in [-0.15, -0.1) is 0 Å². The summed E-state index contributed by atoms with van der Waals surface area (Å²) in [4.78, 5) is 39.0. The SMILES string of the molecule is CC(=O)NC[C@H]1CN(c2ccc(-c3ccc(C(=O)N4CCSCC4)cc3)c(F)c2)C(=O)O1. The van der Waals surface area contributed by atoms with Crippen LogP contribution in [0.5, 0.6) is 0 Å². The molecule has 2 heterocycles. The van der Waals surface area contributed by atoms with Gasteiger partial charge in [0.15, 0.2) is 0 Å². The quantitative estimate of drug-likeness (QED) is 0.746. The number of ether oxygens (including phenoxy) is 1. The summed E-state index contributed by atoms with van der Waals surface area (Å²) < 4.78 is 20.1. The maximum absolute atomic E-state index is 14.9. The summed E-state index contributed by atoms with van der Waals surface area (Å²) in [6, 6.07) is 11.5. The molecule has 7 nitrogen and oxygen atoms in total. The van der Waals surface area contributed by atoms with Crippen LogP contribution in [-0.2, 0) is 9.53 Å². The summed E-state index contributed by atoms with van der Waals surface area (Å²) in [7, 11) is 0. The highest BCUT2D eigenvalue weighted by atomic mass is 32.2. The summed E-state index contributed by atoms with van der Waals surface area (Å²) in [5, 5.41) is 2.61. The fourth-order valence-corrected chi connectivity index (χ4v) is 4.65. The molecule has 0 unspecified atom stereocenters. The zero-order chi connectivity index (χ0) is 22.7. The van der Waals surface area contributed by atoms with Gasteiger partial charge in [-0.25, -0.2) is 9.18 Å². The maximum Gasteiger partial charge on any atom is 0.414 e. The zero-order valence-corrected chi connectivity index (χ0v) is 18.5. The third-order valence-corrected chi connectivity index (χ3v) is 6.40. The molecule has 0 aromatic heterocycles. The summed E-state index contributed by atoms with van der Waals surface area (Å²) in [6.07, 6.45) is -1.07. The van der Waals surface area contributed by atoms with E-state index in [9.17, 15) is 18.8 Å². The van der Waals surface area contributed by atoms with Crippen molar-refractivity contribution in [2.75, 3.05) is 42.6 Å². The summed E-state index contributed by atoms with van der Waals surface area (Å²) >= 11 is 1.84. The lowest BCUT2D eigenvalue weighted by Gasteiger charge is -2.26. The molecule has 2 aliphatic heterocycles. The van der Waals surface area contributed by atoms with Crippen molar-refractivity contribution in [2.45, 2.75) is 13.0 Å². The van der Waals surface area contributed by atoms with Crippen LogP contribution in [-0.4, -0.2) is 66.6 Å². The fraction of sp³-hybridized carbons (Fsp3) is 0.348. The minimum absolute atomic E-state index is 0.00553. The van der Waals surface area contributed by atoms with Gasteiger partial charge in [-0.05, 0) is 35.9 Å². The second-order valence-electron chi connectivity index (χ2n) is 7.70. The van der Waals surface area contributed by atoms with Crippen LogP contribution in [0.3, 0.4) is 0 Å². The second-order valence-corrected chi connectivity index (χ2v) is 8.92. The number of benzene rings is 2. The molecule has 2 aliphatic rings. The standard InChI is InChI=1S/C23H24FN3O4S/c1-15(28)25-13-19-14-27(23(30)31-19)18-6-7-20(21(24)12-18)16-2-4-17(5-3-16)22(29)26-8-10-32-11-9-26/h2-7,12,19H,8-11,13-14H2,1H3,(H,25,28)/t19-/m0/s1. The van der Waals surface area contributed by atoms with E-state index in [1.807, 2.05) is 16.7 Å². The molecule has 0 spiro atoms. The van der Waals surface area contributed by atoms with E-state index in [0.29, 0.717) is 22.4 Å². The third-order valence-electron chi connectivity index (χ3n) is 5.46. The van der Waals surface area contributed by atoms with Gasteiger partial charge in [-0.3, -0.25) is 14.5 Å². The highest BCUT2D eigenvalue weighted by Crippen LogP contribution is 2.29. The molecule has 2 fully saturated rings. The largest absolute Gasteiger partial charge is 0.442 e. The average Bonchev–Trinajstić information content (AvgIpc) is 3.18. The number of halogens is 1. The molecule has 168 valence electrons. The van der Waals surface area contributed by atoms with Gasteiger partial charge in [0.1, 0.15) is 11.9 Å². The topological polar surface area (TPSA) is 79.0 Å². The van der Waals surface area contributed by atoms with E-state index >= 15 is 0 Å². The Kier molecular flexibility index (Phi) is 6.64. The Morgan fingerprint density at radius 3 is 2.53 bits per heavy atom. The zero-order valence-electron chi connectivity index (χ0n) is 17.7. The van der Waals surface area contributed by atoms with Crippen LogP contribution in [0, 0.1) is 5.82 Å². The molecule has 1 atom stereocenters. The van der Waals surface area contributed by atoms with Crippen molar-refractivity contribution in [2.24, 2.45) is 0 Å². The number of amides is 3. The molecule has 1 N–H and O–H groups in total. The molecule has 0 saturated carbocycles. The number of thioether (sulfide) groups is 1. The van der Waals surface area contributed by atoms with E-state index in [4.69, 9.17) is 4.74 Å². The maximum atomic E-state index is 14.9. The third kappa shape index (κ3) is 4.88. The Morgan fingerprint density at radius 1 is 1.16 bits per heavy atom. The molecular formula is C23H24FN3O4S. The second kappa shape index (κ2) is 9.60. The Labute approximate surface area is 189 Å². The Morgan fingerprint density at radius 2 is 1.88 bits per heavy atom. The number of nitrogens with one attached hydrogen (secondary N) is 1. The van der Waals surface area contributed by atoms with Crippen molar-refractivity contribution in [1.29, 1.82) is 0 Å². The molecule has 2 aromatic rings. The van der Waals surface area contributed by atoms with Crippen LogP contribution in [0.25, 0.3) is 11.1 Å². The smallest absolute Gasteiger partial charge is 0.414 e. The first-order valence-corrected chi connectivity index (χ1v) is 11.6. The van der Waals surface area contributed by atoms with Crippen LogP contribution in [0.4, 0.5) is 14.9 Å². The first-order valence-electron chi connectivity index (χ1n) is 10.4. The highest BCUT2D eigenvalue weighted by molar-refractivity contribution is 7.99. The summed E-state index contributed by atoms with van der Waals surface area (Å²) in [6.45, 7) is 3.30. The van der Waals surface area contributed by atoms with Crippen LogP contribution in [0.1, 0.15) is 17.3 Å².